The van der Waals surface area contributed by atoms with Crippen molar-refractivity contribution in [2.45, 2.75) is 38.5 Å². The van der Waals surface area contributed by atoms with E-state index in [0.717, 1.165) is 32.1 Å². The number of hydrogen-bond donors (Lipinski definition) is 0. The minimum Gasteiger partial charge on any atom is -0.300 e. The summed E-state index contributed by atoms with van der Waals surface area (Å²) in [5.74, 6) is 0.947. The summed E-state index contributed by atoms with van der Waals surface area (Å²) in [4.78, 5) is 11.7. The van der Waals surface area contributed by atoms with E-state index in [4.69, 9.17) is 0 Å². The number of rotatable bonds is 6. The highest BCUT2D eigenvalue weighted by Crippen LogP contribution is 2.47. The Kier molecular flexibility index (Phi) is 4.72. The van der Waals surface area contributed by atoms with Crippen molar-refractivity contribution in [2.75, 3.05) is 0 Å². The molecule has 0 N–H and O–H groups in total. The monoisotopic (exact) mass is 218 g/mol. The van der Waals surface area contributed by atoms with Gasteiger partial charge in [0.25, 0.3) is 0 Å². The van der Waals surface area contributed by atoms with Gasteiger partial charge in [0.15, 0.2) is 0 Å². The van der Waals surface area contributed by atoms with Crippen molar-refractivity contribution in [3.05, 3.63) is 38.0 Å². The van der Waals surface area contributed by atoms with E-state index in [1.54, 1.807) is 0 Å². The van der Waals surface area contributed by atoms with Crippen LogP contribution in [0.15, 0.2) is 38.0 Å². The Hall–Kier alpha value is -1.11. The van der Waals surface area contributed by atoms with Gasteiger partial charge < -0.3 is 0 Å². The predicted molar refractivity (Wildman–Crippen MR) is 69.2 cm³/mol. The lowest BCUT2D eigenvalue weighted by molar-refractivity contribution is -0.125. The average molecular weight is 218 g/mol. The van der Waals surface area contributed by atoms with Crippen LogP contribution >= 0.6 is 0 Å². The fourth-order valence-electron chi connectivity index (χ4n) is 2.97. The lowest BCUT2D eigenvalue weighted by Gasteiger charge is -2.42. The molecule has 0 saturated heterocycles. The van der Waals surface area contributed by atoms with E-state index in [1.165, 1.54) is 0 Å². The van der Waals surface area contributed by atoms with E-state index in [2.05, 4.69) is 19.7 Å². The van der Waals surface area contributed by atoms with E-state index in [9.17, 15) is 4.79 Å². The Labute approximate surface area is 98.9 Å². The topological polar surface area (TPSA) is 17.1 Å². The fraction of sp³-hybridized carbons (Fsp3) is 0.533. The molecular weight excluding hydrogens is 196 g/mol. The van der Waals surface area contributed by atoms with Crippen molar-refractivity contribution in [2.24, 2.45) is 11.3 Å². The zero-order valence-electron chi connectivity index (χ0n) is 10.1. The molecule has 1 atom stereocenters. The summed E-state index contributed by atoms with van der Waals surface area (Å²) in [6.07, 6.45) is 11.1. The molecule has 0 amide bonds. The van der Waals surface area contributed by atoms with Crippen LogP contribution in [0.3, 0.4) is 0 Å². The summed E-state index contributed by atoms with van der Waals surface area (Å²) in [5.41, 5.74) is 0.0625. The van der Waals surface area contributed by atoms with Crippen LogP contribution in [0.25, 0.3) is 0 Å². The highest BCUT2D eigenvalue weighted by atomic mass is 16.1. The molecule has 0 aromatic rings. The van der Waals surface area contributed by atoms with Crippen molar-refractivity contribution >= 4 is 5.78 Å². The molecule has 1 aliphatic carbocycles. The molecule has 1 nitrogen and oxygen atoms in total. The maximum atomic E-state index is 11.7. The van der Waals surface area contributed by atoms with Gasteiger partial charge in [-0.25, -0.2) is 0 Å². The van der Waals surface area contributed by atoms with Gasteiger partial charge in [-0.05, 0) is 37.0 Å². The number of hydrogen-bond acceptors (Lipinski definition) is 1. The SMILES string of the molecule is C=CCC1CCC(=O)CC1(CC=C)CC=C. The summed E-state index contributed by atoms with van der Waals surface area (Å²) in [5, 5.41) is 0. The highest BCUT2D eigenvalue weighted by Gasteiger charge is 2.40. The van der Waals surface area contributed by atoms with Crippen LogP contribution in [0, 0.1) is 11.3 Å². The van der Waals surface area contributed by atoms with Crippen molar-refractivity contribution in [3.8, 4) is 0 Å². The van der Waals surface area contributed by atoms with Crippen LogP contribution in [0.4, 0.5) is 0 Å². The summed E-state index contributed by atoms with van der Waals surface area (Å²) in [7, 11) is 0. The summed E-state index contributed by atoms with van der Waals surface area (Å²) in [6, 6.07) is 0. The molecule has 0 bridgehead atoms. The average Bonchev–Trinajstić information content (AvgIpc) is 2.23. The zero-order chi connectivity index (χ0) is 12.0. The fourth-order valence-corrected chi connectivity index (χ4v) is 2.97. The Balaban J connectivity index is 2.93. The number of ketones is 1. The van der Waals surface area contributed by atoms with Crippen LogP contribution in [-0.4, -0.2) is 5.78 Å². The van der Waals surface area contributed by atoms with Crippen molar-refractivity contribution < 1.29 is 4.79 Å². The van der Waals surface area contributed by atoms with Gasteiger partial charge in [0.05, 0.1) is 0 Å². The van der Waals surface area contributed by atoms with E-state index in [0.29, 0.717) is 18.1 Å². The minimum atomic E-state index is 0.0625. The maximum absolute atomic E-state index is 11.7. The van der Waals surface area contributed by atoms with Crippen LogP contribution in [0.2, 0.25) is 0 Å². The van der Waals surface area contributed by atoms with Crippen LogP contribution in [0.5, 0.6) is 0 Å². The Morgan fingerprint density at radius 1 is 1.19 bits per heavy atom. The molecular formula is C15H22O. The van der Waals surface area contributed by atoms with Crippen molar-refractivity contribution in [3.63, 3.8) is 0 Å². The molecule has 0 aromatic carbocycles. The van der Waals surface area contributed by atoms with Crippen LogP contribution in [-0.2, 0) is 4.79 Å². The molecule has 0 spiro atoms. The van der Waals surface area contributed by atoms with Gasteiger partial charge in [0.2, 0.25) is 0 Å². The standard InChI is InChI=1S/C15H22O/c1-4-7-13-8-9-14(16)12-15(13,10-5-2)11-6-3/h4-6,13H,1-3,7-12H2. The zero-order valence-corrected chi connectivity index (χ0v) is 10.1. The van der Waals surface area contributed by atoms with E-state index in [1.807, 2.05) is 18.2 Å². The summed E-state index contributed by atoms with van der Waals surface area (Å²) >= 11 is 0. The molecule has 1 unspecified atom stereocenters. The second-order valence-electron chi connectivity index (χ2n) is 4.82. The van der Waals surface area contributed by atoms with E-state index < -0.39 is 0 Å². The molecule has 1 fully saturated rings. The van der Waals surface area contributed by atoms with E-state index in [-0.39, 0.29) is 5.41 Å². The first-order chi connectivity index (χ1) is 7.68. The predicted octanol–water partition coefficient (Wildman–Crippen LogP) is 4.07. The minimum absolute atomic E-state index is 0.0625. The third kappa shape index (κ3) is 2.72. The molecule has 0 aromatic heterocycles. The van der Waals surface area contributed by atoms with Gasteiger partial charge in [-0.2, -0.15) is 0 Å². The number of carbonyl (C=O) groups excluding carboxylic acids is 1. The number of allylic oxidation sites excluding steroid dienone is 3. The Morgan fingerprint density at radius 2 is 1.81 bits per heavy atom. The number of carbonyl (C=O) groups is 1. The molecule has 1 aliphatic rings. The second kappa shape index (κ2) is 5.83. The quantitative estimate of drug-likeness (QED) is 0.614. The second-order valence-corrected chi connectivity index (χ2v) is 4.82. The third-order valence-corrected chi connectivity index (χ3v) is 3.74. The molecule has 16 heavy (non-hydrogen) atoms. The Morgan fingerprint density at radius 3 is 2.31 bits per heavy atom. The van der Waals surface area contributed by atoms with Gasteiger partial charge in [-0.3, -0.25) is 4.79 Å². The van der Waals surface area contributed by atoms with Gasteiger partial charge in [-0.15, -0.1) is 19.7 Å². The first-order valence-electron chi connectivity index (χ1n) is 6.03. The number of Topliss-reactive ketones (excluding diaryl/α,β-unsaturated/α-hetero) is 1. The molecule has 1 saturated carbocycles. The highest BCUT2D eigenvalue weighted by molar-refractivity contribution is 5.80. The molecule has 0 radical (unpaired) electrons. The molecule has 1 rings (SSSR count). The van der Waals surface area contributed by atoms with Crippen LogP contribution < -0.4 is 0 Å². The third-order valence-electron chi connectivity index (χ3n) is 3.74. The van der Waals surface area contributed by atoms with E-state index >= 15 is 0 Å². The first-order valence-corrected chi connectivity index (χ1v) is 6.03. The largest absolute Gasteiger partial charge is 0.300 e. The molecule has 1 heteroatoms. The van der Waals surface area contributed by atoms with Crippen molar-refractivity contribution in [1.82, 2.24) is 0 Å². The summed E-state index contributed by atoms with van der Waals surface area (Å²) < 4.78 is 0. The van der Waals surface area contributed by atoms with Crippen molar-refractivity contribution in [1.29, 1.82) is 0 Å². The lowest BCUT2D eigenvalue weighted by atomic mass is 9.61. The first kappa shape index (κ1) is 13.0. The Bertz CT molecular complexity index is 278. The summed E-state index contributed by atoms with van der Waals surface area (Å²) in [6.45, 7) is 11.5. The van der Waals surface area contributed by atoms with Gasteiger partial charge in [0.1, 0.15) is 5.78 Å². The van der Waals surface area contributed by atoms with Crippen LogP contribution in [0.1, 0.15) is 38.5 Å². The molecule has 88 valence electrons. The molecule has 0 heterocycles. The lowest BCUT2D eigenvalue weighted by Crippen LogP contribution is -2.36. The van der Waals surface area contributed by atoms with Gasteiger partial charge >= 0.3 is 0 Å². The smallest absolute Gasteiger partial charge is 0.133 e. The van der Waals surface area contributed by atoms with Gasteiger partial charge in [-0.1, -0.05) is 18.2 Å². The molecule has 0 aliphatic heterocycles. The maximum Gasteiger partial charge on any atom is 0.133 e. The normalized spacial score (nSPS) is 23.8. The van der Waals surface area contributed by atoms with Gasteiger partial charge in [0, 0.05) is 12.8 Å².